The highest BCUT2D eigenvalue weighted by Gasteiger charge is 1.98. The van der Waals surface area contributed by atoms with Gasteiger partial charge >= 0.3 is 0 Å². The molecule has 0 radical (unpaired) electrons. The summed E-state index contributed by atoms with van der Waals surface area (Å²) in [5, 5.41) is 3.60. The number of rotatable bonds is 3. The van der Waals surface area contributed by atoms with E-state index in [2.05, 4.69) is 19.6 Å². The van der Waals surface area contributed by atoms with E-state index in [0.29, 0.717) is 18.2 Å². The van der Waals surface area contributed by atoms with Crippen molar-refractivity contribution in [1.29, 1.82) is 0 Å². The number of pyridine rings is 1. The van der Waals surface area contributed by atoms with Crippen LogP contribution >= 0.6 is 0 Å². The van der Waals surface area contributed by atoms with Crippen LogP contribution in [-0.2, 0) is 6.61 Å². The Hall–Kier alpha value is -1.91. The molecule has 5 heteroatoms. The summed E-state index contributed by atoms with van der Waals surface area (Å²) in [6.45, 7) is 0.294. The predicted molar refractivity (Wildman–Crippen MR) is 42.9 cm³/mol. The van der Waals surface area contributed by atoms with Crippen LogP contribution in [0.25, 0.3) is 0 Å². The van der Waals surface area contributed by atoms with Gasteiger partial charge in [-0.15, -0.1) is 0 Å². The standard InChI is InChI=1S/C8H7N3O2/c1-2-7(4-9-3-1)12-5-8-10-6-13-11-8/h1-4,6H,5H2. The first-order chi connectivity index (χ1) is 6.45. The first-order valence-corrected chi connectivity index (χ1v) is 3.73. The molecule has 13 heavy (non-hydrogen) atoms. The van der Waals surface area contributed by atoms with Crippen LogP contribution in [0.3, 0.4) is 0 Å². The average molecular weight is 177 g/mol. The van der Waals surface area contributed by atoms with E-state index in [1.54, 1.807) is 18.5 Å². The molecular weight excluding hydrogens is 170 g/mol. The van der Waals surface area contributed by atoms with E-state index in [9.17, 15) is 0 Å². The molecule has 5 nitrogen and oxygen atoms in total. The van der Waals surface area contributed by atoms with E-state index in [4.69, 9.17) is 4.74 Å². The number of hydrogen-bond acceptors (Lipinski definition) is 5. The molecule has 0 spiro atoms. The van der Waals surface area contributed by atoms with Gasteiger partial charge < -0.3 is 9.26 Å². The minimum Gasteiger partial charge on any atom is -0.484 e. The highest BCUT2D eigenvalue weighted by Crippen LogP contribution is 2.07. The van der Waals surface area contributed by atoms with Crippen LogP contribution in [0.15, 0.2) is 35.4 Å². The van der Waals surface area contributed by atoms with Crippen LogP contribution in [0.4, 0.5) is 0 Å². The first-order valence-electron chi connectivity index (χ1n) is 3.73. The Kier molecular flexibility index (Phi) is 2.18. The first kappa shape index (κ1) is 7.72. The molecule has 2 aromatic heterocycles. The second-order valence-corrected chi connectivity index (χ2v) is 2.32. The Morgan fingerprint density at radius 2 is 2.46 bits per heavy atom. The molecule has 0 bridgehead atoms. The fraction of sp³-hybridized carbons (Fsp3) is 0.125. The Morgan fingerprint density at radius 3 is 3.15 bits per heavy atom. The smallest absolute Gasteiger partial charge is 0.213 e. The molecule has 0 aliphatic carbocycles. The summed E-state index contributed by atoms with van der Waals surface area (Å²) in [6, 6.07) is 3.61. The van der Waals surface area contributed by atoms with Gasteiger partial charge in [0.05, 0.1) is 6.20 Å². The van der Waals surface area contributed by atoms with Crippen molar-refractivity contribution in [2.75, 3.05) is 0 Å². The third kappa shape index (κ3) is 2.02. The van der Waals surface area contributed by atoms with Gasteiger partial charge in [-0.3, -0.25) is 4.98 Å². The van der Waals surface area contributed by atoms with Gasteiger partial charge in [-0.05, 0) is 12.1 Å². The highest BCUT2D eigenvalue weighted by molar-refractivity contribution is 5.15. The predicted octanol–water partition coefficient (Wildman–Crippen LogP) is 1.04. The molecule has 0 aliphatic heterocycles. The Bertz CT molecular complexity index is 347. The van der Waals surface area contributed by atoms with Crippen LogP contribution < -0.4 is 4.74 Å². The molecule has 0 saturated heterocycles. The Morgan fingerprint density at radius 1 is 1.46 bits per heavy atom. The maximum Gasteiger partial charge on any atom is 0.213 e. The van der Waals surface area contributed by atoms with Crippen LogP contribution in [0.2, 0.25) is 0 Å². The second kappa shape index (κ2) is 3.66. The second-order valence-electron chi connectivity index (χ2n) is 2.32. The van der Waals surface area contributed by atoms with Gasteiger partial charge in [0.1, 0.15) is 5.75 Å². The molecule has 66 valence electrons. The van der Waals surface area contributed by atoms with E-state index < -0.39 is 0 Å². The normalized spacial score (nSPS) is 9.85. The van der Waals surface area contributed by atoms with E-state index in [1.807, 2.05) is 6.07 Å². The van der Waals surface area contributed by atoms with Gasteiger partial charge in [0, 0.05) is 6.20 Å². The molecular formula is C8H7N3O2. The van der Waals surface area contributed by atoms with Crippen molar-refractivity contribution in [3.8, 4) is 5.75 Å². The van der Waals surface area contributed by atoms with E-state index >= 15 is 0 Å². The molecule has 0 atom stereocenters. The third-order valence-electron chi connectivity index (χ3n) is 1.41. The molecule has 0 N–H and O–H groups in total. The minimum atomic E-state index is 0.294. The van der Waals surface area contributed by atoms with Crippen LogP contribution in [0.5, 0.6) is 5.75 Å². The van der Waals surface area contributed by atoms with E-state index in [0.717, 1.165) is 0 Å². The van der Waals surface area contributed by atoms with Gasteiger partial charge in [-0.1, -0.05) is 5.16 Å². The summed E-state index contributed by atoms with van der Waals surface area (Å²) in [5.74, 6) is 1.20. The van der Waals surface area contributed by atoms with Crippen molar-refractivity contribution in [3.63, 3.8) is 0 Å². The lowest BCUT2D eigenvalue weighted by Crippen LogP contribution is -1.97. The largest absolute Gasteiger partial charge is 0.484 e. The van der Waals surface area contributed by atoms with Crippen LogP contribution in [0, 0.1) is 0 Å². The monoisotopic (exact) mass is 177 g/mol. The average Bonchev–Trinajstić information content (AvgIpc) is 2.69. The maximum absolute atomic E-state index is 5.30. The number of aromatic nitrogens is 3. The Balaban J connectivity index is 1.94. The third-order valence-corrected chi connectivity index (χ3v) is 1.41. The van der Waals surface area contributed by atoms with Gasteiger partial charge in [0.25, 0.3) is 0 Å². The van der Waals surface area contributed by atoms with Gasteiger partial charge in [0.2, 0.25) is 12.2 Å². The van der Waals surface area contributed by atoms with Crippen LogP contribution in [-0.4, -0.2) is 15.1 Å². The van der Waals surface area contributed by atoms with Gasteiger partial charge in [0.15, 0.2) is 6.61 Å². The van der Waals surface area contributed by atoms with Crippen LogP contribution in [0.1, 0.15) is 5.82 Å². The zero-order valence-electron chi connectivity index (χ0n) is 6.75. The topological polar surface area (TPSA) is 61.0 Å². The maximum atomic E-state index is 5.30. The zero-order valence-corrected chi connectivity index (χ0v) is 6.75. The molecule has 2 heterocycles. The van der Waals surface area contributed by atoms with E-state index in [-0.39, 0.29) is 0 Å². The summed E-state index contributed by atoms with van der Waals surface area (Å²) in [5.41, 5.74) is 0. The van der Waals surface area contributed by atoms with Crippen molar-refractivity contribution >= 4 is 0 Å². The molecule has 0 saturated carbocycles. The molecule has 0 unspecified atom stereocenters. The van der Waals surface area contributed by atoms with Crippen molar-refractivity contribution < 1.29 is 9.26 Å². The number of ether oxygens (including phenoxy) is 1. The van der Waals surface area contributed by atoms with Crippen molar-refractivity contribution in [1.82, 2.24) is 15.1 Å². The number of nitrogens with zero attached hydrogens (tertiary/aromatic N) is 3. The molecule has 0 fully saturated rings. The fourth-order valence-electron chi connectivity index (χ4n) is 0.836. The summed E-state index contributed by atoms with van der Waals surface area (Å²) >= 11 is 0. The zero-order chi connectivity index (χ0) is 8.93. The van der Waals surface area contributed by atoms with Crippen molar-refractivity contribution in [2.24, 2.45) is 0 Å². The van der Waals surface area contributed by atoms with Gasteiger partial charge in [-0.2, -0.15) is 4.98 Å². The Labute approximate surface area is 74.4 Å². The molecule has 0 aliphatic rings. The highest BCUT2D eigenvalue weighted by atomic mass is 16.5. The van der Waals surface area contributed by atoms with Crippen molar-refractivity contribution in [2.45, 2.75) is 6.61 Å². The lowest BCUT2D eigenvalue weighted by Gasteiger charge is -2.00. The summed E-state index contributed by atoms with van der Waals surface area (Å²) in [7, 11) is 0. The van der Waals surface area contributed by atoms with E-state index in [1.165, 1.54) is 6.39 Å². The lowest BCUT2D eigenvalue weighted by atomic mass is 10.5. The fourth-order valence-corrected chi connectivity index (χ4v) is 0.836. The molecule has 0 amide bonds. The molecule has 2 rings (SSSR count). The minimum absolute atomic E-state index is 0.294. The summed E-state index contributed by atoms with van der Waals surface area (Å²) in [4.78, 5) is 7.70. The summed E-state index contributed by atoms with van der Waals surface area (Å²) < 4.78 is 9.85. The lowest BCUT2D eigenvalue weighted by molar-refractivity contribution is 0.285. The van der Waals surface area contributed by atoms with Crippen molar-refractivity contribution in [3.05, 3.63) is 36.7 Å². The SMILES string of the molecule is c1cncc(OCc2ncon2)c1. The summed E-state index contributed by atoms with van der Waals surface area (Å²) in [6.07, 6.45) is 4.57. The quantitative estimate of drug-likeness (QED) is 0.701. The molecule has 2 aromatic rings. The van der Waals surface area contributed by atoms with Gasteiger partial charge in [-0.25, -0.2) is 0 Å². The number of hydrogen-bond donors (Lipinski definition) is 0. The molecule has 0 aromatic carbocycles.